The number of rotatable bonds is 2. The molecule has 2 aliphatic rings. The van der Waals surface area contributed by atoms with Crippen LogP contribution in [0.15, 0.2) is 23.2 Å². The van der Waals surface area contributed by atoms with E-state index in [1.165, 1.54) is 31.3 Å². The fourth-order valence-corrected chi connectivity index (χ4v) is 14.9. The van der Waals surface area contributed by atoms with Gasteiger partial charge in [-0.05, 0) is 0 Å². The van der Waals surface area contributed by atoms with Gasteiger partial charge in [0.2, 0.25) is 0 Å². The van der Waals surface area contributed by atoms with Crippen molar-refractivity contribution >= 4 is 107 Å². The fourth-order valence-electron chi connectivity index (χ4n) is 1.41. The van der Waals surface area contributed by atoms with Crippen LogP contribution in [0.4, 0.5) is 0 Å². The van der Waals surface area contributed by atoms with Crippen LogP contribution in [-0.2, 0) is 0 Å². The third-order valence-corrected chi connectivity index (χ3v) is 16.8. The van der Waals surface area contributed by atoms with Crippen molar-refractivity contribution in [3.63, 3.8) is 0 Å². The molecule has 0 unspecified atom stereocenters. The summed E-state index contributed by atoms with van der Waals surface area (Å²) in [5, 5.41) is 0. The van der Waals surface area contributed by atoms with Gasteiger partial charge in [-0.3, -0.25) is 0 Å². The molecule has 0 aromatic carbocycles. The topological polar surface area (TPSA) is 17.1 Å². The fraction of sp³-hybridized carbons (Fsp3) is 0.182. The molecule has 1 aromatic heterocycles. The third kappa shape index (κ3) is 3.37. The normalized spacial score (nSPS) is 18.7. The zero-order valence-corrected chi connectivity index (χ0v) is 18.7. The van der Waals surface area contributed by atoms with Gasteiger partial charge in [-0.15, -0.1) is 0 Å². The van der Waals surface area contributed by atoms with Gasteiger partial charge < -0.3 is 0 Å². The second-order valence-corrected chi connectivity index (χ2v) is 15.2. The van der Waals surface area contributed by atoms with Gasteiger partial charge in [0.15, 0.2) is 0 Å². The molecule has 0 saturated heterocycles. The summed E-state index contributed by atoms with van der Waals surface area (Å²) in [7, 11) is 0. The molecular weight excluding hydrogens is 498 g/mol. The Balaban J connectivity index is 2.06. The molecule has 0 aliphatic carbocycles. The predicted octanol–water partition coefficient (Wildman–Crippen LogP) is 2.53. The van der Waals surface area contributed by atoms with E-state index in [-0.39, 0.29) is 4.74 Å². The van der Waals surface area contributed by atoms with Gasteiger partial charge >= 0.3 is 156 Å². The van der Waals surface area contributed by atoms with Gasteiger partial charge in [0.05, 0.1) is 0 Å². The van der Waals surface area contributed by atoms with Gasteiger partial charge in [0.25, 0.3) is 0 Å². The number of hydrogen-bond acceptors (Lipinski definition) is 7. The van der Waals surface area contributed by atoms with E-state index in [1.54, 1.807) is 34.9 Å². The first-order chi connectivity index (χ1) is 9.72. The Morgan fingerprint density at radius 2 is 1.60 bits per heavy atom. The van der Waals surface area contributed by atoms with Crippen LogP contribution in [-0.4, -0.2) is 42.4 Å². The molecule has 0 N–H and O–H groups in total. The third-order valence-electron chi connectivity index (χ3n) is 2.23. The standard InChI is InChI=1S/C11H8OS6Se2/c1-13-7-8(14-2)18-10(17-7)9-15-5(6(12)16-9)11-19-3-4-20-11/h3-4H,1-2H3. The Hall–Kier alpha value is 1.51. The van der Waals surface area contributed by atoms with Gasteiger partial charge in [-0.25, -0.2) is 0 Å². The molecule has 0 radical (unpaired) electrons. The molecule has 106 valence electrons. The summed E-state index contributed by atoms with van der Waals surface area (Å²) in [4.78, 5) is 16.7. The second-order valence-electron chi connectivity index (χ2n) is 3.38. The summed E-state index contributed by atoms with van der Waals surface area (Å²) in [6, 6.07) is 0. The van der Waals surface area contributed by atoms with Crippen LogP contribution in [0.1, 0.15) is 0 Å². The summed E-state index contributed by atoms with van der Waals surface area (Å²) in [6.07, 6.45) is 4.24. The quantitative estimate of drug-likeness (QED) is 0.572. The summed E-state index contributed by atoms with van der Waals surface area (Å²) in [5.74, 6) is 0. The summed E-state index contributed by atoms with van der Waals surface area (Å²) in [5.41, 5.74) is 0. The van der Waals surface area contributed by atoms with Crippen molar-refractivity contribution in [3.05, 3.63) is 36.3 Å². The van der Waals surface area contributed by atoms with Crippen molar-refractivity contribution in [2.75, 3.05) is 12.5 Å². The SMILES string of the molecule is CSC1=C(SC)SC(=c2sc(=O)c(=C3[Se]C=C[Se]3)s2)S1. The molecule has 0 amide bonds. The van der Waals surface area contributed by atoms with Crippen LogP contribution in [0.25, 0.3) is 7.61 Å². The van der Waals surface area contributed by atoms with E-state index in [0.29, 0.717) is 29.9 Å². The average molecular weight is 507 g/mol. The Morgan fingerprint density at radius 1 is 1.00 bits per heavy atom. The molecule has 1 aromatic rings. The van der Waals surface area contributed by atoms with Gasteiger partial charge in [-0.2, -0.15) is 0 Å². The molecular formula is C11H8OS6Se2. The molecule has 3 rings (SSSR count). The first-order valence-corrected chi connectivity index (χ1v) is 14.7. The van der Waals surface area contributed by atoms with E-state index in [0.717, 1.165) is 4.53 Å². The maximum atomic E-state index is 12.2. The first kappa shape index (κ1) is 16.4. The molecule has 2 aliphatic heterocycles. The van der Waals surface area contributed by atoms with Crippen LogP contribution >= 0.6 is 69.7 Å². The molecule has 0 spiro atoms. The van der Waals surface area contributed by atoms with Crippen molar-refractivity contribution in [1.29, 1.82) is 0 Å². The first-order valence-electron chi connectivity index (χ1n) is 5.27. The molecule has 1 nitrogen and oxygen atoms in total. The maximum absolute atomic E-state index is 12.2. The Labute approximate surface area is 154 Å². The Morgan fingerprint density at radius 3 is 2.15 bits per heavy atom. The summed E-state index contributed by atoms with van der Waals surface area (Å²) < 4.78 is 7.95. The van der Waals surface area contributed by atoms with Crippen LogP contribution in [0.3, 0.4) is 0 Å². The number of hydrogen-bond donors (Lipinski definition) is 0. The zero-order chi connectivity index (χ0) is 14.1. The number of thioether (sulfide) groups is 4. The molecule has 9 heteroatoms. The van der Waals surface area contributed by atoms with Crippen molar-refractivity contribution in [2.24, 2.45) is 0 Å². The minimum absolute atomic E-state index is 0.268. The molecule has 0 atom stereocenters. The Bertz CT molecular complexity index is 744. The van der Waals surface area contributed by atoms with E-state index in [2.05, 4.69) is 22.5 Å². The van der Waals surface area contributed by atoms with Crippen molar-refractivity contribution in [2.45, 2.75) is 0 Å². The zero-order valence-electron chi connectivity index (χ0n) is 10.3. The van der Waals surface area contributed by atoms with E-state index >= 15 is 0 Å². The summed E-state index contributed by atoms with van der Waals surface area (Å²) in [6.45, 7) is 0. The second kappa shape index (κ2) is 7.39. The molecule has 3 heterocycles. The van der Waals surface area contributed by atoms with Crippen molar-refractivity contribution in [1.82, 2.24) is 0 Å². The molecule has 0 fully saturated rings. The van der Waals surface area contributed by atoms with E-state index in [4.69, 9.17) is 0 Å². The van der Waals surface area contributed by atoms with Gasteiger partial charge in [0.1, 0.15) is 0 Å². The van der Waals surface area contributed by atoms with Crippen molar-refractivity contribution in [3.8, 4) is 0 Å². The molecule has 0 bridgehead atoms. The summed E-state index contributed by atoms with van der Waals surface area (Å²) >= 11 is 11.2. The van der Waals surface area contributed by atoms with Crippen LogP contribution in [0, 0.1) is 0 Å². The predicted molar refractivity (Wildman–Crippen MR) is 104 cm³/mol. The van der Waals surface area contributed by atoms with E-state index in [9.17, 15) is 4.79 Å². The molecule has 20 heavy (non-hydrogen) atoms. The Kier molecular flexibility index (Phi) is 6.05. The minimum atomic E-state index is 0.268. The monoisotopic (exact) mass is 508 g/mol. The van der Waals surface area contributed by atoms with Crippen LogP contribution in [0.2, 0.25) is 0 Å². The van der Waals surface area contributed by atoms with Crippen molar-refractivity contribution < 1.29 is 0 Å². The van der Waals surface area contributed by atoms with Gasteiger partial charge in [0, 0.05) is 0 Å². The molecule has 0 saturated carbocycles. The van der Waals surface area contributed by atoms with Crippen LogP contribution in [0.5, 0.6) is 0 Å². The van der Waals surface area contributed by atoms with E-state index in [1.807, 2.05) is 23.5 Å². The average Bonchev–Trinajstić information content (AvgIpc) is 3.16. The van der Waals surface area contributed by atoms with Gasteiger partial charge in [-0.1, -0.05) is 0 Å². The van der Waals surface area contributed by atoms with Crippen LogP contribution < -0.4 is 13.1 Å². The van der Waals surface area contributed by atoms with E-state index < -0.39 is 0 Å².